The van der Waals surface area contributed by atoms with Crippen LogP contribution in [0, 0.1) is 0 Å². The van der Waals surface area contributed by atoms with Gasteiger partial charge in [-0.2, -0.15) is 0 Å². The Morgan fingerprint density at radius 3 is 2.27 bits per heavy atom. The van der Waals surface area contributed by atoms with Crippen molar-refractivity contribution in [3.05, 3.63) is 17.6 Å². The van der Waals surface area contributed by atoms with Crippen LogP contribution in [0.3, 0.4) is 0 Å². The predicted octanol–water partition coefficient (Wildman–Crippen LogP) is 2.39. The molecule has 0 saturated carbocycles. The second-order valence-electron chi connectivity index (χ2n) is 8.42. The van der Waals surface area contributed by atoms with Gasteiger partial charge in [0.25, 0.3) is 0 Å². The van der Waals surface area contributed by atoms with Gasteiger partial charge < -0.3 is 14.7 Å². The number of hydrogen-bond donors (Lipinski definition) is 1. The van der Waals surface area contributed by atoms with E-state index in [9.17, 15) is 5.11 Å². The number of anilines is 1. The van der Waals surface area contributed by atoms with Gasteiger partial charge in [-0.1, -0.05) is 27.7 Å². The van der Waals surface area contributed by atoms with Crippen molar-refractivity contribution in [2.24, 2.45) is 0 Å². The number of nitrogens with zero attached hydrogens (tertiary/aromatic N) is 4. The summed E-state index contributed by atoms with van der Waals surface area (Å²) in [5.41, 5.74) is 0.510. The number of β-amino-alcohol motifs (C(OH)–C–C–N with tert-alkyl or cyclic N) is 1. The fourth-order valence-electron chi connectivity index (χ4n) is 3.67. The lowest BCUT2D eigenvalue weighted by molar-refractivity contribution is -0.0441. The Morgan fingerprint density at radius 2 is 1.69 bits per heavy atom. The molecule has 146 valence electrons. The molecule has 1 N–H and O–H groups in total. The van der Waals surface area contributed by atoms with Gasteiger partial charge in [0.05, 0.1) is 18.8 Å². The summed E-state index contributed by atoms with van der Waals surface area (Å²) in [6.45, 7) is 14.5. The molecule has 6 heteroatoms. The van der Waals surface area contributed by atoms with E-state index >= 15 is 0 Å². The smallest absolute Gasteiger partial charge is 0.133 e. The van der Waals surface area contributed by atoms with Gasteiger partial charge in [0, 0.05) is 50.4 Å². The Labute approximate surface area is 157 Å². The molecule has 0 spiro atoms. The van der Waals surface area contributed by atoms with Crippen molar-refractivity contribution in [3.63, 3.8) is 0 Å². The highest BCUT2D eigenvalue weighted by Gasteiger charge is 2.35. The van der Waals surface area contributed by atoms with Crippen LogP contribution in [0.2, 0.25) is 0 Å². The first-order valence-electron chi connectivity index (χ1n) is 10.0. The molecule has 0 aromatic carbocycles. The normalized spacial score (nSPS) is 21.6. The standard InChI is InChI=1S/C20H34N4O2/c1-15(2)17-13-18(22-19(21-17)16(3)4)24-7-5-20(25,6-8-24)14-23-9-11-26-12-10-23/h13,15-16,25H,5-12,14H2,1-4H3. The van der Waals surface area contributed by atoms with Crippen molar-refractivity contribution in [2.75, 3.05) is 50.8 Å². The predicted molar refractivity (Wildman–Crippen MR) is 104 cm³/mol. The molecule has 2 aliphatic rings. The Morgan fingerprint density at radius 1 is 1.04 bits per heavy atom. The molecular weight excluding hydrogens is 328 g/mol. The van der Waals surface area contributed by atoms with Gasteiger partial charge >= 0.3 is 0 Å². The van der Waals surface area contributed by atoms with E-state index < -0.39 is 5.60 Å². The van der Waals surface area contributed by atoms with Crippen LogP contribution in [0.1, 0.15) is 63.9 Å². The molecule has 0 aliphatic carbocycles. The topological polar surface area (TPSA) is 61.7 Å². The van der Waals surface area contributed by atoms with E-state index in [0.717, 1.165) is 76.1 Å². The molecule has 0 amide bonds. The first-order chi connectivity index (χ1) is 12.4. The van der Waals surface area contributed by atoms with E-state index in [1.165, 1.54) is 0 Å². The molecule has 2 fully saturated rings. The van der Waals surface area contributed by atoms with Crippen LogP contribution in [0.15, 0.2) is 6.07 Å². The van der Waals surface area contributed by atoms with Crippen molar-refractivity contribution in [1.82, 2.24) is 14.9 Å². The maximum atomic E-state index is 11.0. The molecule has 0 unspecified atom stereocenters. The molecule has 6 nitrogen and oxygen atoms in total. The summed E-state index contributed by atoms with van der Waals surface area (Å²) in [7, 11) is 0. The molecule has 1 aromatic heterocycles. The summed E-state index contributed by atoms with van der Waals surface area (Å²) < 4.78 is 5.41. The molecule has 0 bridgehead atoms. The van der Waals surface area contributed by atoms with Crippen LogP contribution in [-0.2, 0) is 4.74 Å². The van der Waals surface area contributed by atoms with Gasteiger partial charge in [-0.25, -0.2) is 9.97 Å². The molecule has 3 heterocycles. The van der Waals surface area contributed by atoms with Crippen LogP contribution >= 0.6 is 0 Å². The van der Waals surface area contributed by atoms with Crippen LogP contribution in [0.5, 0.6) is 0 Å². The number of hydrogen-bond acceptors (Lipinski definition) is 6. The minimum atomic E-state index is -0.595. The number of rotatable bonds is 5. The number of aliphatic hydroxyl groups is 1. The van der Waals surface area contributed by atoms with Crippen LogP contribution in [0.25, 0.3) is 0 Å². The SMILES string of the molecule is CC(C)c1cc(N2CCC(O)(CN3CCOCC3)CC2)nc(C(C)C)n1. The first-order valence-corrected chi connectivity index (χ1v) is 10.0. The maximum Gasteiger partial charge on any atom is 0.133 e. The zero-order chi connectivity index (χ0) is 18.7. The summed E-state index contributed by atoms with van der Waals surface area (Å²) >= 11 is 0. The van der Waals surface area contributed by atoms with E-state index in [4.69, 9.17) is 14.7 Å². The second-order valence-corrected chi connectivity index (χ2v) is 8.42. The summed E-state index contributed by atoms with van der Waals surface area (Å²) in [5.74, 6) is 2.63. The molecule has 2 aliphatic heterocycles. The third-order valence-corrected chi connectivity index (χ3v) is 5.50. The maximum absolute atomic E-state index is 11.0. The third-order valence-electron chi connectivity index (χ3n) is 5.50. The minimum Gasteiger partial charge on any atom is -0.388 e. The molecule has 2 saturated heterocycles. The van der Waals surface area contributed by atoms with Crippen LogP contribution in [-0.4, -0.2) is 71.5 Å². The highest BCUT2D eigenvalue weighted by Crippen LogP contribution is 2.28. The average Bonchev–Trinajstić information content (AvgIpc) is 2.62. The van der Waals surface area contributed by atoms with Crippen molar-refractivity contribution in [2.45, 2.75) is 58.0 Å². The molecule has 1 aromatic rings. The van der Waals surface area contributed by atoms with E-state index in [2.05, 4.69) is 43.6 Å². The van der Waals surface area contributed by atoms with E-state index in [1.54, 1.807) is 0 Å². The summed E-state index contributed by atoms with van der Waals surface area (Å²) in [5, 5.41) is 11.0. The van der Waals surface area contributed by atoms with Gasteiger partial charge in [-0.3, -0.25) is 4.90 Å². The summed E-state index contributed by atoms with van der Waals surface area (Å²) in [4.78, 5) is 14.2. The molecular formula is C20H34N4O2. The zero-order valence-corrected chi connectivity index (χ0v) is 16.7. The lowest BCUT2D eigenvalue weighted by Crippen LogP contribution is -2.53. The highest BCUT2D eigenvalue weighted by atomic mass is 16.5. The van der Waals surface area contributed by atoms with Gasteiger partial charge in [0.2, 0.25) is 0 Å². The quantitative estimate of drug-likeness (QED) is 0.868. The van der Waals surface area contributed by atoms with Crippen molar-refractivity contribution in [3.8, 4) is 0 Å². The van der Waals surface area contributed by atoms with Gasteiger partial charge in [0.15, 0.2) is 0 Å². The summed E-state index contributed by atoms with van der Waals surface area (Å²) in [6.07, 6.45) is 1.56. The van der Waals surface area contributed by atoms with Gasteiger partial charge in [-0.15, -0.1) is 0 Å². The minimum absolute atomic E-state index is 0.315. The summed E-state index contributed by atoms with van der Waals surface area (Å²) in [6, 6.07) is 2.13. The average molecular weight is 363 g/mol. The third kappa shape index (κ3) is 4.72. The van der Waals surface area contributed by atoms with Crippen LogP contribution < -0.4 is 4.90 Å². The lowest BCUT2D eigenvalue weighted by atomic mass is 9.90. The fraction of sp³-hybridized carbons (Fsp3) is 0.800. The number of morpholine rings is 1. The van der Waals surface area contributed by atoms with Gasteiger partial charge in [-0.05, 0) is 18.8 Å². The van der Waals surface area contributed by atoms with E-state index in [-0.39, 0.29) is 0 Å². The Kier molecular flexibility index (Phi) is 6.15. The number of piperidine rings is 1. The Bertz CT molecular complexity index is 565. The van der Waals surface area contributed by atoms with Crippen molar-refractivity contribution < 1.29 is 9.84 Å². The van der Waals surface area contributed by atoms with Crippen molar-refractivity contribution in [1.29, 1.82) is 0 Å². The van der Waals surface area contributed by atoms with Crippen molar-refractivity contribution >= 4 is 5.82 Å². The number of ether oxygens (including phenoxy) is 1. The molecule has 0 radical (unpaired) electrons. The highest BCUT2D eigenvalue weighted by molar-refractivity contribution is 5.41. The van der Waals surface area contributed by atoms with Gasteiger partial charge in [0.1, 0.15) is 11.6 Å². The largest absolute Gasteiger partial charge is 0.388 e. The lowest BCUT2D eigenvalue weighted by Gasteiger charge is -2.42. The fourth-order valence-corrected chi connectivity index (χ4v) is 3.67. The van der Waals surface area contributed by atoms with E-state index in [0.29, 0.717) is 11.8 Å². The molecule has 0 atom stereocenters. The molecule has 26 heavy (non-hydrogen) atoms. The first kappa shape index (κ1) is 19.5. The number of aromatic nitrogens is 2. The monoisotopic (exact) mass is 362 g/mol. The molecule has 3 rings (SSSR count). The Hall–Kier alpha value is -1.24. The zero-order valence-electron chi connectivity index (χ0n) is 16.7. The second kappa shape index (κ2) is 8.19. The Balaban J connectivity index is 1.67. The van der Waals surface area contributed by atoms with E-state index in [1.807, 2.05) is 0 Å². The van der Waals surface area contributed by atoms with Crippen LogP contribution in [0.4, 0.5) is 5.82 Å².